The predicted octanol–water partition coefficient (Wildman–Crippen LogP) is 8.85. The van der Waals surface area contributed by atoms with Gasteiger partial charge in [0, 0.05) is 17.3 Å². The van der Waals surface area contributed by atoms with Crippen LogP contribution in [-0.2, 0) is 17.1 Å². The lowest BCUT2D eigenvalue weighted by Crippen LogP contribution is -2.12. The fourth-order valence-electron chi connectivity index (χ4n) is 3.89. The van der Waals surface area contributed by atoms with Crippen LogP contribution in [0.1, 0.15) is 49.8 Å². The van der Waals surface area contributed by atoms with Crippen molar-refractivity contribution in [2.45, 2.75) is 45.5 Å². The summed E-state index contributed by atoms with van der Waals surface area (Å²) in [5.74, 6) is -0.349. The highest BCUT2D eigenvalue weighted by Gasteiger charge is 2.31. The molecular weight excluding hydrogens is 468 g/mol. The lowest BCUT2D eigenvalue weighted by Gasteiger charge is -2.20. The van der Waals surface area contributed by atoms with E-state index >= 15 is 0 Å². The summed E-state index contributed by atoms with van der Waals surface area (Å²) in [5, 5.41) is 2.96. The first-order valence-electron chi connectivity index (χ1n) is 11.0. The molecule has 0 bridgehead atoms. The molecule has 0 heterocycles. The van der Waals surface area contributed by atoms with Crippen LogP contribution in [0.5, 0.6) is 0 Å². The maximum absolute atomic E-state index is 13.1. The second-order valence-electron chi connectivity index (χ2n) is 8.92. The van der Waals surface area contributed by atoms with E-state index in [0.717, 1.165) is 24.3 Å². The van der Waals surface area contributed by atoms with Gasteiger partial charge in [-0.25, -0.2) is 0 Å². The molecular formula is C27H25F6NO. The molecule has 0 aliphatic carbocycles. The molecule has 8 heteroatoms. The highest BCUT2D eigenvalue weighted by atomic mass is 19.4. The first-order valence-corrected chi connectivity index (χ1v) is 11.0. The van der Waals surface area contributed by atoms with Crippen molar-refractivity contribution in [2.75, 3.05) is 5.32 Å². The fourth-order valence-corrected chi connectivity index (χ4v) is 3.89. The number of hydrogen-bond acceptors (Lipinski definition) is 2. The number of nitrogens with one attached hydrogen (secondary N) is 1. The Hall–Kier alpha value is -3.29. The third kappa shape index (κ3) is 6.87. The molecule has 2 nitrogen and oxygen atoms in total. The molecule has 0 aromatic heterocycles. The van der Waals surface area contributed by atoms with Gasteiger partial charge in [-0.2, -0.15) is 26.3 Å². The number of carbonyl (C=O) groups is 1. The van der Waals surface area contributed by atoms with E-state index in [4.69, 9.17) is 0 Å². The summed E-state index contributed by atoms with van der Waals surface area (Å²) >= 11 is 0. The molecule has 0 amide bonds. The third-order valence-electron chi connectivity index (χ3n) is 5.58. The second kappa shape index (κ2) is 10.1. The van der Waals surface area contributed by atoms with Crippen molar-refractivity contribution in [2.24, 2.45) is 5.92 Å². The topological polar surface area (TPSA) is 29.1 Å². The Balaban J connectivity index is 2.09. The zero-order chi connectivity index (χ0) is 26.0. The van der Waals surface area contributed by atoms with Crippen LogP contribution in [0.15, 0.2) is 66.7 Å². The largest absolute Gasteiger partial charge is 0.416 e. The minimum absolute atomic E-state index is 0.0757. The summed E-state index contributed by atoms with van der Waals surface area (Å²) in [4.78, 5) is 12.4. The van der Waals surface area contributed by atoms with Crippen LogP contribution in [0.25, 0.3) is 11.1 Å². The number of alkyl halides is 6. The van der Waals surface area contributed by atoms with Crippen LogP contribution >= 0.6 is 0 Å². The van der Waals surface area contributed by atoms with Crippen molar-refractivity contribution in [1.82, 2.24) is 0 Å². The molecule has 0 fully saturated rings. The Morgan fingerprint density at radius 2 is 1.40 bits per heavy atom. The van der Waals surface area contributed by atoms with E-state index in [1.807, 2.05) is 13.8 Å². The van der Waals surface area contributed by atoms with Crippen molar-refractivity contribution in [3.8, 4) is 11.1 Å². The van der Waals surface area contributed by atoms with Gasteiger partial charge in [0.1, 0.15) is 5.78 Å². The van der Waals surface area contributed by atoms with E-state index in [-0.39, 0.29) is 17.4 Å². The third-order valence-corrected chi connectivity index (χ3v) is 5.58. The molecule has 0 radical (unpaired) electrons. The first-order chi connectivity index (χ1) is 16.2. The molecule has 1 N–H and O–H groups in total. The Morgan fingerprint density at radius 3 is 1.94 bits per heavy atom. The van der Waals surface area contributed by atoms with Gasteiger partial charge < -0.3 is 5.32 Å². The van der Waals surface area contributed by atoms with Gasteiger partial charge in [0.05, 0.1) is 11.1 Å². The quantitative estimate of drug-likeness (QED) is 0.333. The summed E-state index contributed by atoms with van der Waals surface area (Å²) in [7, 11) is 0. The zero-order valence-corrected chi connectivity index (χ0v) is 19.4. The number of Topliss-reactive ketones (excluding diaryl/α,β-unsaturated/α-hetero) is 1. The van der Waals surface area contributed by atoms with Crippen molar-refractivity contribution >= 4 is 17.2 Å². The molecule has 0 aliphatic heterocycles. The van der Waals surface area contributed by atoms with Gasteiger partial charge in [0.2, 0.25) is 0 Å². The number of benzene rings is 3. The van der Waals surface area contributed by atoms with E-state index < -0.39 is 29.4 Å². The molecule has 0 spiro atoms. The number of carbonyl (C=O) groups excluding carboxylic acids is 1. The monoisotopic (exact) mass is 493 g/mol. The molecule has 1 atom stereocenters. The van der Waals surface area contributed by atoms with Crippen molar-refractivity contribution in [1.29, 1.82) is 0 Å². The summed E-state index contributed by atoms with van der Waals surface area (Å²) in [5.41, 5.74) is 0.673. The lowest BCUT2D eigenvalue weighted by atomic mass is 9.85. The number of ketones is 1. The molecule has 186 valence electrons. The van der Waals surface area contributed by atoms with E-state index in [1.54, 1.807) is 18.2 Å². The summed E-state index contributed by atoms with van der Waals surface area (Å²) in [6.07, 6.45) is -8.44. The van der Waals surface area contributed by atoms with E-state index in [9.17, 15) is 31.1 Å². The standard InChI is InChI=1S/C27H25F6NO/c1-16(2)11-25(17(3)35)20-12-19(18-7-9-21(10-8-18)26(28,29)30)13-24(14-20)34-23-6-4-5-22(15-23)27(31,32)33/h4-10,12-16,25,34H,11H2,1-3H3. The predicted molar refractivity (Wildman–Crippen MR) is 124 cm³/mol. The number of anilines is 2. The summed E-state index contributed by atoms with van der Waals surface area (Å²) in [6, 6.07) is 14.4. The Bertz CT molecular complexity index is 1180. The molecule has 0 saturated carbocycles. The molecule has 0 saturated heterocycles. The van der Waals surface area contributed by atoms with Crippen LogP contribution in [0.2, 0.25) is 0 Å². The number of halogens is 6. The highest BCUT2D eigenvalue weighted by molar-refractivity contribution is 5.85. The van der Waals surface area contributed by atoms with Gasteiger partial charge >= 0.3 is 12.4 Å². The van der Waals surface area contributed by atoms with Crippen LogP contribution in [0.4, 0.5) is 37.7 Å². The number of rotatable bonds is 7. The van der Waals surface area contributed by atoms with Crippen molar-refractivity contribution in [3.63, 3.8) is 0 Å². The Morgan fingerprint density at radius 1 is 0.771 bits per heavy atom. The summed E-state index contributed by atoms with van der Waals surface area (Å²) in [6.45, 7) is 5.41. The first kappa shape index (κ1) is 26.3. The van der Waals surface area contributed by atoms with Crippen LogP contribution in [0.3, 0.4) is 0 Å². The number of hydrogen-bond donors (Lipinski definition) is 1. The Kier molecular flexibility index (Phi) is 7.62. The van der Waals surface area contributed by atoms with Crippen LogP contribution in [0, 0.1) is 5.92 Å². The van der Waals surface area contributed by atoms with Gasteiger partial charge in [-0.05, 0) is 78.4 Å². The summed E-state index contributed by atoms with van der Waals surface area (Å²) < 4.78 is 78.4. The minimum Gasteiger partial charge on any atom is -0.355 e. The van der Waals surface area contributed by atoms with Gasteiger partial charge in [0.25, 0.3) is 0 Å². The smallest absolute Gasteiger partial charge is 0.355 e. The van der Waals surface area contributed by atoms with Gasteiger partial charge in [-0.15, -0.1) is 0 Å². The average Bonchev–Trinajstić information content (AvgIpc) is 2.76. The van der Waals surface area contributed by atoms with Gasteiger partial charge in [0.15, 0.2) is 0 Å². The van der Waals surface area contributed by atoms with Gasteiger partial charge in [-0.1, -0.05) is 38.1 Å². The van der Waals surface area contributed by atoms with Crippen LogP contribution < -0.4 is 5.32 Å². The molecule has 0 aliphatic rings. The minimum atomic E-state index is -4.51. The van der Waals surface area contributed by atoms with E-state index in [1.165, 1.54) is 31.2 Å². The molecule has 1 unspecified atom stereocenters. The van der Waals surface area contributed by atoms with E-state index in [2.05, 4.69) is 5.32 Å². The van der Waals surface area contributed by atoms with E-state index in [0.29, 0.717) is 28.8 Å². The SMILES string of the molecule is CC(=O)C(CC(C)C)c1cc(Nc2cccc(C(F)(F)F)c2)cc(-c2ccc(C(F)(F)F)cc2)c1. The highest BCUT2D eigenvalue weighted by Crippen LogP contribution is 2.36. The van der Waals surface area contributed by atoms with Crippen molar-refractivity contribution in [3.05, 3.63) is 83.4 Å². The molecule has 3 aromatic carbocycles. The zero-order valence-electron chi connectivity index (χ0n) is 19.4. The van der Waals surface area contributed by atoms with Gasteiger partial charge in [-0.3, -0.25) is 4.79 Å². The molecule has 3 rings (SSSR count). The molecule has 3 aromatic rings. The van der Waals surface area contributed by atoms with Crippen LogP contribution in [-0.4, -0.2) is 5.78 Å². The van der Waals surface area contributed by atoms with Crippen molar-refractivity contribution < 1.29 is 31.1 Å². The normalized spacial score (nSPS) is 13.1. The lowest BCUT2D eigenvalue weighted by molar-refractivity contribution is -0.138. The average molecular weight is 493 g/mol. The molecule has 35 heavy (non-hydrogen) atoms. The second-order valence-corrected chi connectivity index (χ2v) is 8.92. The maximum Gasteiger partial charge on any atom is 0.416 e. The maximum atomic E-state index is 13.1. The Labute approximate surface area is 200 Å². The fraction of sp³-hybridized carbons (Fsp3) is 0.296.